The minimum absolute atomic E-state index is 0.0773. The molecule has 22 nitrogen and oxygen atoms in total. The largest absolute Gasteiger partial charge is 0.496 e. The molecule has 16 rings (SSSR count). The first kappa shape index (κ1) is 101. The van der Waals surface area contributed by atoms with Gasteiger partial charge >= 0.3 is 0 Å². The number of carbonyl (C=O) groups is 6. The fourth-order valence-corrected chi connectivity index (χ4v) is 19.3. The number of carbonyl (C=O) groups excluding carboxylic acids is 6. The summed E-state index contributed by atoms with van der Waals surface area (Å²) >= 11 is 0. The molecule has 0 saturated carbocycles. The Kier molecular flexibility index (Phi) is 34.3. The molecule has 3 aromatic heterocycles. The standard InChI is InChI=1S/C41H46N4O4.C38H46N4O3.C37H44N4O3/c1-5-7-21-43(22-8-6-2)41(48)37-23-28(3)45(42-37)38-19-17-30(33-18-20-39(49-4)35-16-12-11-15-34(33)35)25-36(38)40(47)44-26-31-14-10-9-13-29(31)24-32(44)27-46;1-6-8-16-40(17-9-7-2)38(45)35-21-28(5)42(39-35)36-15-14-30(32-19-26(3)18-27(4)20-32)23-34(36)37(44)41-24-31-13-11-10-12-29(31)22-33(41)25-43;1-5-7-18-39(19-8-6-2)37(44)34-21-27(4)41(38-34)35-17-16-30(28-15-11-12-26(3)20-28)23-33(35)36(43)40-24-31-14-10-9-13-29(31)22-32(40)25-42/h9-20,23,25,32,46H,5-8,21-22,24,26-27H2,1-4H3;10-15,18-21,23,33,43H,6-9,16-17,22,24-25H2,1-5H3;9-17,20-21,23,32,42H,5-8,18-19,22,24-25H2,1-4H3/t32-;33-;32-/m000/s1. The van der Waals surface area contributed by atoms with Gasteiger partial charge in [0.2, 0.25) is 0 Å². The average molecular weight is 1860 g/mol. The van der Waals surface area contributed by atoms with E-state index in [2.05, 4.69) is 123 Å². The van der Waals surface area contributed by atoms with Crippen LogP contribution in [-0.2, 0) is 38.9 Å². The number of benzene rings is 10. The predicted molar refractivity (Wildman–Crippen MR) is 549 cm³/mol. The molecule has 0 saturated heterocycles. The third-order valence-corrected chi connectivity index (χ3v) is 27.0. The molecule has 0 aliphatic carbocycles. The molecule has 13 aromatic rings. The van der Waals surface area contributed by atoms with Gasteiger partial charge < -0.3 is 49.5 Å². The Hall–Kier alpha value is -13.4. The number of nitrogens with zero attached hydrogens (tertiary/aromatic N) is 12. The Bertz CT molecular complexity index is 6440. The van der Waals surface area contributed by atoms with Crippen LogP contribution in [0.15, 0.2) is 224 Å². The quantitative estimate of drug-likeness (QED) is 0.0340. The highest BCUT2D eigenvalue weighted by atomic mass is 16.5. The molecule has 6 amide bonds. The molecule has 22 heteroatoms. The van der Waals surface area contributed by atoms with Crippen LogP contribution < -0.4 is 4.74 Å². The number of aliphatic hydroxyl groups excluding tert-OH is 3. The number of methoxy groups -OCH3 is 1. The summed E-state index contributed by atoms with van der Waals surface area (Å²) in [4.78, 5) is 96.0. The van der Waals surface area contributed by atoms with Crippen molar-refractivity contribution < 1.29 is 48.8 Å². The summed E-state index contributed by atoms with van der Waals surface area (Å²) in [5.74, 6) is 0.00152. The first-order valence-corrected chi connectivity index (χ1v) is 49.6. The van der Waals surface area contributed by atoms with Gasteiger partial charge in [0.1, 0.15) is 5.75 Å². The Morgan fingerprint density at radius 2 is 0.638 bits per heavy atom. The van der Waals surface area contributed by atoms with Gasteiger partial charge in [-0.2, -0.15) is 15.3 Å². The van der Waals surface area contributed by atoms with Gasteiger partial charge in [0.05, 0.1) is 78.8 Å². The summed E-state index contributed by atoms with van der Waals surface area (Å²) in [6.07, 6.45) is 13.4. The highest BCUT2D eigenvalue weighted by Crippen LogP contribution is 2.40. The van der Waals surface area contributed by atoms with Crippen LogP contribution in [0.25, 0.3) is 61.2 Å². The lowest BCUT2D eigenvalue weighted by Crippen LogP contribution is -2.46. The van der Waals surface area contributed by atoms with Crippen molar-refractivity contribution in [2.24, 2.45) is 0 Å². The van der Waals surface area contributed by atoms with E-state index >= 15 is 0 Å². The minimum Gasteiger partial charge on any atom is -0.496 e. The van der Waals surface area contributed by atoms with Gasteiger partial charge in [-0.15, -0.1) is 0 Å². The number of amides is 6. The molecule has 3 N–H and O–H groups in total. The topological polar surface area (TPSA) is 245 Å². The Morgan fingerprint density at radius 3 is 0.978 bits per heavy atom. The lowest BCUT2D eigenvalue weighted by atomic mass is 9.92. The number of fused-ring (bicyclic) bond motifs is 4. The van der Waals surface area contributed by atoms with Crippen LogP contribution in [0.4, 0.5) is 0 Å². The van der Waals surface area contributed by atoms with Crippen molar-refractivity contribution in [2.45, 2.75) is 217 Å². The predicted octanol–water partition coefficient (Wildman–Crippen LogP) is 21.4. The van der Waals surface area contributed by atoms with E-state index in [1.165, 1.54) is 0 Å². The molecular formula is C116H136N12O10. The van der Waals surface area contributed by atoms with E-state index in [1.54, 1.807) is 35.9 Å². The van der Waals surface area contributed by atoms with Crippen LogP contribution in [0.5, 0.6) is 5.75 Å². The van der Waals surface area contributed by atoms with Crippen molar-refractivity contribution >= 4 is 46.2 Å². The number of rotatable bonds is 34. The summed E-state index contributed by atoms with van der Waals surface area (Å²) in [7, 11) is 1.67. The first-order chi connectivity index (χ1) is 66.9. The van der Waals surface area contributed by atoms with Crippen LogP contribution in [0.3, 0.4) is 0 Å². The van der Waals surface area contributed by atoms with Gasteiger partial charge in [-0.1, -0.05) is 261 Å². The maximum Gasteiger partial charge on any atom is 0.274 e. The average Bonchev–Trinajstić information content (AvgIpc) is 1.40. The van der Waals surface area contributed by atoms with E-state index in [-0.39, 0.29) is 73.4 Å². The second kappa shape index (κ2) is 47.1. The molecule has 720 valence electrons. The molecule has 138 heavy (non-hydrogen) atoms. The number of ether oxygens (including phenoxy) is 1. The second-order valence-corrected chi connectivity index (χ2v) is 37.3. The molecule has 3 aliphatic rings. The van der Waals surface area contributed by atoms with E-state index in [0.29, 0.717) is 129 Å². The van der Waals surface area contributed by atoms with Crippen molar-refractivity contribution in [3.05, 3.63) is 325 Å². The lowest BCUT2D eigenvalue weighted by Gasteiger charge is -2.36. The van der Waals surface area contributed by atoms with E-state index in [0.717, 1.165) is 194 Å². The number of hydrogen-bond acceptors (Lipinski definition) is 13. The van der Waals surface area contributed by atoms with Crippen LogP contribution >= 0.6 is 0 Å². The number of aliphatic hydroxyl groups is 3. The van der Waals surface area contributed by atoms with Gasteiger partial charge in [-0.05, 0) is 232 Å². The van der Waals surface area contributed by atoms with Crippen molar-refractivity contribution in [3.63, 3.8) is 0 Å². The molecule has 0 fully saturated rings. The van der Waals surface area contributed by atoms with Gasteiger partial charge in [0.15, 0.2) is 17.1 Å². The summed E-state index contributed by atoms with van der Waals surface area (Å²) in [6, 6.07) is 73.0. The molecule has 6 heterocycles. The van der Waals surface area contributed by atoms with E-state index in [1.807, 2.05) is 199 Å². The fraction of sp³-hybridized carbons (Fsp3) is 0.371. The maximum absolute atomic E-state index is 14.8. The molecule has 0 spiro atoms. The molecule has 3 atom stereocenters. The molecule has 0 bridgehead atoms. The van der Waals surface area contributed by atoms with E-state index < -0.39 is 0 Å². The maximum atomic E-state index is 14.8. The summed E-state index contributed by atoms with van der Waals surface area (Å²) in [5, 5.41) is 47.7. The number of aromatic nitrogens is 6. The highest BCUT2D eigenvalue weighted by molar-refractivity contribution is 6.05. The second-order valence-electron chi connectivity index (χ2n) is 37.3. The molecule has 3 aliphatic heterocycles. The van der Waals surface area contributed by atoms with Crippen LogP contribution in [0.2, 0.25) is 0 Å². The van der Waals surface area contributed by atoms with Gasteiger partial charge in [0, 0.05) is 81.4 Å². The van der Waals surface area contributed by atoms with Crippen molar-refractivity contribution in [2.75, 3.05) is 66.2 Å². The Labute approximate surface area is 813 Å². The van der Waals surface area contributed by atoms with Gasteiger partial charge in [0.25, 0.3) is 35.4 Å². The number of unbranched alkanes of at least 4 members (excludes halogenated alkanes) is 6. The zero-order valence-corrected chi connectivity index (χ0v) is 82.8. The number of aryl methyl sites for hydroxylation is 6. The zero-order valence-electron chi connectivity index (χ0n) is 82.8. The molecule has 10 aromatic carbocycles. The minimum atomic E-state index is -0.373. The van der Waals surface area contributed by atoms with Crippen LogP contribution in [0.1, 0.15) is 248 Å². The van der Waals surface area contributed by atoms with E-state index in [4.69, 9.17) is 20.0 Å². The number of hydrogen-bond donors (Lipinski definition) is 3. The normalized spacial score (nSPS) is 14.3. The third kappa shape index (κ3) is 23.0. The van der Waals surface area contributed by atoms with Crippen LogP contribution in [-0.4, -0.2) is 194 Å². The SMILES string of the molecule is CCCCN(CCCC)C(=O)c1cc(C)n(-c2ccc(-c3cc(C)cc(C)c3)cc2C(=O)N2Cc3ccccc3C[C@H]2CO)n1.CCCCN(CCCC)C(=O)c1cc(C)n(-c2ccc(-c3ccc(OC)c4ccccc34)cc2C(=O)N2Cc3ccccc3C[C@H]2CO)n1.CCCCN(CCCC)C(=O)c1cc(C)n(-c2ccc(-c3cccc(C)c3)cc2C(=O)N2Cc3ccccc3C[C@H]2CO)n1. The summed E-state index contributed by atoms with van der Waals surface area (Å²) in [5.41, 5.74) is 22.6. The first-order valence-electron chi connectivity index (χ1n) is 49.6. The Balaban J connectivity index is 0.000000166. The fourth-order valence-electron chi connectivity index (χ4n) is 19.3. The van der Waals surface area contributed by atoms with E-state index in [9.17, 15) is 44.1 Å². The van der Waals surface area contributed by atoms with Crippen molar-refractivity contribution in [1.29, 1.82) is 0 Å². The summed E-state index contributed by atoms with van der Waals surface area (Å²) in [6.45, 7) is 29.7. The van der Waals surface area contributed by atoms with Gasteiger partial charge in [-0.25, -0.2) is 14.0 Å². The zero-order chi connectivity index (χ0) is 97.8. The van der Waals surface area contributed by atoms with Crippen molar-refractivity contribution in [1.82, 2.24) is 58.7 Å². The molecular weight excluding hydrogens is 1720 g/mol. The molecule has 0 unspecified atom stereocenters. The lowest BCUT2D eigenvalue weighted by molar-refractivity contribution is 0.0539. The summed E-state index contributed by atoms with van der Waals surface area (Å²) < 4.78 is 10.8. The van der Waals surface area contributed by atoms with Crippen LogP contribution in [0, 0.1) is 41.5 Å². The Morgan fingerprint density at radius 1 is 0.326 bits per heavy atom. The third-order valence-electron chi connectivity index (χ3n) is 27.0. The van der Waals surface area contributed by atoms with Crippen molar-refractivity contribution in [3.8, 4) is 56.2 Å². The smallest absolute Gasteiger partial charge is 0.274 e. The monoisotopic (exact) mass is 1860 g/mol. The van der Waals surface area contributed by atoms with Gasteiger partial charge in [-0.3, -0.25) is 28.8 Å². The molecule has 0 radical (unpaired) electrons. The highest BCUT2D eigenvalue weighted by Gasteiger charge is 2.37.